The summed E-state index contributed by atoms with van der Waals surface area (Å²) in [5.41, 5.74) is 5.63. The van der Waals surface area contributed by atoms with E-state index in [1.165, 1.54) is 35.1 Å². The molecule has 6 nitrogen and oxygen atoms in total. The zero-order chi connectivity index (χ0) is 15.2. The summed E-state index contributed by atoms with van der Waals surface area (Å²) in [4.78, 5) is 23.1. The number of nitrogens with one attached hydrogen (secondary N) is 1. The van der Waals surface area contributed by atoms with Gasteiger partial charge >= 0.3 is 0 Å². The molecule has 1 amide bonds. The number of anilines is 2. The van der Waals surface area contributed by atoms with Crippen molar-refractivity contribution in [2.75, 3.05) is 11.1 Å². The molecule has 0 saturated carbocycles. The van der Waals surface area contributed by atoms with Gasteiger partial charge in [-0.3, -0.25) is 9.59 Å². The lowest BCUT2D eigenvalue weighted by molar-refractivity contribution is -0.116. The van der Waals surface area contributed by atoms with Crippen molar-refractivity contribution in [2.24, 2.45) is 0 Å². The Bertz CT molecular complexity index is 699. The van der Waals surface area contributed by atoms with Gasteiger partial charge in [0.1, 0.15) is 5.82 Å². The van der Waals surface area contributed by atoms with Crippen LogP contribution in [0.1, 0.15) is 12.8 Å². The van der Waals surface area contributed by atoms with Gasteiger partial charge in [0.05, 0.1) is 5.69 Å². The minimum atomic E-state index is -0.525. The number of amides is 1. The molecule has 0 aliphatic rings. The van der Waals surface area contributed by atoms with Gasteiger partial charge in [-0.1, -0.05) is 0 Å². The largest absolute Gasteiger partial charge is 0.396 e. The summed E-state index contributed by atoms with van der Waals surface area (Å²) >= 11 is 0. The van der Waals surface area contributed by atoms with E-state index in [0.29, 0.717) is 18.7 Å². The second kappa shape index (κ2) is 6.65. The van der Waals surface area contributed by atoms with Crippen LogP contribution in [0.15, 0.2) is 41.3 Å². The lowest BCUT2D eigenvalue weighted by atomic mass is 10.2. The highest BCUT2D eigenvalue weighted by atomic mass is 19.1. The SMILES string of the molecule is Nc1cc(NC(=O)CCCn2ncccc2=O)ccc1F. The summed E-state index contributed by atoms with van der Waals surface area (Å²) in [6, 6.07) is 6.96. The average molecular weight is 290 g/mol. The zero-order valence-electron chi connectivity index (χ0n) is 11.3. The minimum absolute atomic E-state index is 0.0205. The summed E-state index contributed by atoms with van der Waals surface area (Å²) in [7, 11) is 0. The number of aryl methyl sites for hydroxylation is 1. The van der Waals surface area contributed by atoms with Gasteiger partial charge in [-0.15, -0.1) is 0 Å². The summed E-state index contributed by atoms with van der Waals surface area (Å²) in [6.45, 7) is 0.360. The van der Waals surface area contributed by atoms with Gasteiger partial charge in [-0.25, -0.2) is 9.07 Å². The lowest BCUT2D eigenvalue weighted by Gasteiger charge is -2.07. The molecular formula is C14H15FN4O2. The second-order valence-corrected chi connectivity index (χ2v) is 4.47. The maximum Gasteiger partial charge on any atom is 0.266 e. The predicted molar refractivity (Wildman–Crippen MR) is 77.2 cm³/mol. The number of hydrogen-bond donors (Lipinski definition) is 2. The fraction of sp³-hybridized carbons (Fsp3) is 0.214. The fourth-order valence-electron chi connectivity index (χ4n) is 1.79. The first-order valence-electron chi connectivity index (χ1n) is 6.43. The number of nitrogens with two attached hydrogens (primary N) is 1. The number of hydrogen-bond acceptors (Lipinski definition) is 4. The highest BCUT2D eigenvalue weighted by Crippen LogP contribution is 2.16. The van der Waals surface area contributed by atoms with Crippen LogP contribution in [0.2, 0.25) is 0 Å². The zero-order valence-corrected chi connectivity index (χ0v) is 11.3. The van der Waals surface area contributed by atoms with Crippen molar-refractivity contribution in [1.82, 2.24) is 9.78 Å². The molecule has 2 rings (SSSR count). The molecule has 7 heteroatoms. The number of nitrogen functional groups attached to an aromatic ring is 1. The monoisotopic (exact) mass is 290 g/mol. The van der Waals surface area contributed by atoms with Crippen LogP contribution in [0.4, 0.5) is 15.8 Å². The molecule has 1 aromatic carbocycles. The standard InChI is InChI=1S/C14H15FN4O2/c15-11-6-5-10(9-12(11)16)18-13(20)3-2-8-19-14(21)4-1-7-17-19/h1,4-7,9H,2-3,8,16H2,(H,18,20). The Balaban J connectivity index is 1.84. The molecule has 0 spiro atoms. The van der Waals surface area contributed by atoms with E-state index in [9.17, 15) is 14.0 Å². The number of aromatic nitrogens is 2. The third-order valence-corrected chi connectivity index (χ3v) is 2.84. The summed E-state index contributed by atoms with van der Waals surface area (Å²) in [5, 5.41) is 6.51. The molecule has 0 aliphatic heterocycles. The summed E-state index contributed by atoms with van der Waals surface area (Å²) in [6.07, 6.45) is 2.21. The molecule has 1 aromatic heterocycles. The predicted octanol–water partition coefficient (Wildman–Crippen LogP) is 1.38. The van der Waals surface area contributed by atoms with E-state index >= 15 is 0 Å². The van der Waals surface area contributed by atoms with Crippen LogP contribution < -0.4 is 16.6 Å². The smallest absolute Gasteiger partial charge is 0.266 e. The molecule has 0 saturated heterocycles. The van der Waals surface area contributed by atoms with Gasteiger partial charge in [0, 0.05) is 30.9 Å². The van der Waals surface area contributed by atoms with Gasteiger partial charge in [0.15, 0.2) is 0 Å². The normalized spacial score (nSPS) is 10.3. The Kier molecular flexibility index (Phi) is 4.65. The lowest BCUT2D eigenvalue weighted by Crippen LogP contribution is -2.22. The van der Waals surface area contributed by atoms with Crippen LogP contribution in [0.25, 0.3) is 0 Å². The molecule has 110 valence electrons. The highest BCUT2D eigenvalue weighted by molar-refractivity contribution is 5.91. The number of carbonyl (C=O) groups is 1. The number of benzene rings is 1. The van der Waals surface area contributed by atoms with Crippen LogP contribution in [0.3, 0.4) is 0 Å². The Morgan fingerprint density at radius 2 is 2.19 bits per heavy atom. The molecule has 3 N–H and O–H groups in total. The van der Waals surface area contributed by atoms with Crippen LogP contribution in [0.5, 0.6) is 0 Å². The van der Waals surface area contributed by atoms with Crippen molar-refractivity contribution in [3.05, 3.63) is 52.7 Å². The highest BCUT2D eigenvalue weighted by Gasteiger charge is 2.05. The molecule has 2 aromatic rings. The number of rotatable bonds is 5. The topological polar surface area (TPSA) is 90.0 Å². The van der Waals surface area contributed by atoms with Crippen molar-refractivity contribution < 1.29 is 9.18 Å². The van der Waals surface area contributed by atoms with E-state index in [1.807, 2.05) is 0 Å². The second-order valence-electron chi connectivity index (χ2n) is 4.47. The van der Waals surface area contributed by atoms with Crippen molar-refractivity contribution >= 4 is 17.3 Å². The van der Waals surface area contributed by atoms with Gasteiger partial charge in [0.25, 0.3) is 5.56 Å². The minimum Gasteiger partial charge on any atom is -0.396 e. The summed E-state index contributed by atoms with van der Waals surface area (Å²) in [5.74, 6) is -0.757. The number of nitrogens with zero attached hydrogens (tertiary/aromatic N) is 2. The van der Waals surface area contributed by atoms with Gasteiger partial charge in [0.2, 0.25) is 5.91 Å². The maximum atomic E-state index is 13.0. The van der Waals surface area contributed by atoms with Crippen molar-refractivity contribution in [3.63, 3.8) is 0 Å². The van der Waals surface area contributed by atoms with E-state index < -0.39 is 5.82 Å². The molecular weight excluding hydrogens is 275 g/mol. The maximum absolute atomic E-state index is 13.0. The Hall–Kier alpha value is -2.70. The van der Waals surface area contributed by atoms with Crippen LogP contribution in [0, 0.1) is 5.82 Å². The fourth-order valence-corrected chi connectivity index (χ4v) is 1.79. The molecule has 0 radical (unpaired) electrons. The van der Waals surface area contributed by atoms with Crippen LogP contribution in [-0.4, -0.2) is 15.7 Å². The van der Waals surface area contributed by atoms with Crippen LogP contribution >= 0.6 is 0 Å². The molecule has 21 heavy (non-hydrogen) atoms. The van der Waals surface area contributed by atoms with Gasteiger partial charge in [-0.05, 0) is 30.7 Å². The first-order valence-corrected chi connectivity index (χ1v) is 6.43. The average Bonchev–Trinajstić information content (AvgIpc) is 2.45. The number of halogens is 1. The molecule has 0 aliphatic carbocycles. The third kappa shape index (κ3) is 4.13. The Morgan fingerprint density at radius 1 is 1.38 bits per heavy atom. The molecule has 0 atom stereocenters. The molecule has 0 bridgehead atoms. The molecule has 0 fully saturated rings. The molecule has 1 heterocycles. The van der Waals surface area contributed by atoms with E-state index in [4.69, 9.17) is 5.73 Å². The first kappa shape index (κ1) is 14.7. The van der Waals surface area contributed by atoms with E-state index in [-0.39, 0.29) is 23.6 Å². The van der Waals surface area contributed by atoms with Gasteiger partial charge in [-0.2, -0.15) is 5.10 Å². The number of carbonyl (C=O) groups excluding carboxylic acids is 1. The van der Waals surface area contributed by atoms with Gasteiger partial charge < -0.3 is 11.1 Å². The van der Waals surface area contributed by atoms with Crippen molar-refractivity contribution in [1.29, 1.82) is 0 Å². The Morgan fingerprint density at radius 3 is 2.90 bits per heavy atom. The first-order chi connectivity index (χ1) is 10.1. The van der Waals surface area contributed by atoms with E-state index in [2.05, 4.69) is 10.4 Å². The Labute approximate surface area is 120 Å². The third-order valence-electron chi connectivity index (χ3n) is 2.84. The van der Waals surface area contributed by atoms with E-state index in [1.54, 1.807) is 6.07 Å². The van der Waals surface area contributed by atoms with Crippen molar-refractivity contribution in [2.45, 2.75) is 19.4 Å². The molecule has 0 unspecified atom stereocenters. The van der Waals surface area contributed by atoms with Crippen LogP contribution in [-0.2, 0) is 11.3 Å². The quantitative estimate of drug-likeness (QED) is 0.814. The van der Waals surface area contributed by atoms with Crippen molar-refractivity contribution in [3.8, 4) is 0 Å². The van der Waals surface area contributed by atoms with E-state index in [0.717, 1.165) is 0 Å². The summed E-state index contributed by atoms with van der Waals surface area (Å²) < 4.78 is 14.3.